The molecule has 2 N–H and O–H groups in total. The highest BCUT2D eigenvalue weighted by Gasteiger charge is 2.27. The van der Waals surface area contributed by atoms with E-state index in [0.717, 1.165) is 12.6 Å². The van der Waals surface area contributed by atoms with Crippen molar-refractivity contribution in [2.75, 3.05) is 12.0 Å². The summed E-state index contributed by atoms with van der Waals surface area (Å²) in [4.78, 5) is 16.5. The third-order valence-electron chi connectivity index (χ3n) is 4.14. The molecular weight excluding hydrogens is 415 g/mol. The maximum atomic E-state index is 13.9. The highest BCUT2D eigenvalue weighted by atomic mass is 32.2. The van der Waals surface area contributed by atoms with Gasteiger partial charge in [-0.1, -0.05) is 26.0 Å². The molecule has 0 aliphatic heterocycles. The first kappa shape index (κ1) is 23.4. The van der Waals surface area contributed by atoms with E-state index in [0.29, 0.717) is 17.5 Å². The number of sulfonamides is 1. The Bertz CT molecular complexity index is 916. The van der Waals surface area contributed by atoms with Crippen LogP contribution in [0.3, 0.4) is 0 Å². The number of nitrogens with one attached hydrogen (secondary N) is 2. The number of carbonyl (C=O) groups excluding carboxylic acids is 1. The summed E-state index contributed by atoms with van der Waals surface area (Å²) < 4.78 is 43.4. The largest absolute Gasteiger partial charge is 0.347 e. The summed E-state index contributed by atoms with van der Waals surface area (Å²) in [6, 6.07) is 4.07. The molecule has 0 fully saturated rings. The first-order valence-electron chi connectivity index (χ1n) is 9.28. The van der Waals surface area contributed by atoms with E-state index in [1.165, 1.54) is 30.0 Å². The molecule has 1 aromatic carbocycles. The SMILES string of the molecule is CSCC[C@@H](NS(=O)(=O)c1ccccc1F)C(=O)NCc1nccn1CC(C)C. The second-order valence-corrected chi connectivity index (χ2v) is 9.66. The van der Waals surface area contributed by atoms with Gasteiger partial charge < -0.3 is 9.88 Å². The van der Waals surface area contributed by atoms with Crippen LogP contribution in [-0.4, -0.2) is 41.9 Å². The minimum Gasteiger partial charge on any atom is -0.347 e. The van der Waals surface area contributed by atoms with Crippen LogP contribution in [0.1, 0.15) is 26.1 Å². The molecule has 1 atom stereocenters. The number of imidazole rings is 1. The fourth-order valence-corrected chi connectivity index (χ4v) is 4.53. The fourth-order valence-electron chi connectivity index (χ4n) is 2.75. The standard InChI is InChI=1S/C19H27FN4O3S2/c1-14(2)13-24-10-9-21-18(24)12-22-19(25)16(8-11-28-3)23-29(26,27)17-7-5-4-6-15(17)20/h4-7,9-10,14,16,23H,8,11-13H2,1-3H3,(H,22,25)/t16-/m1/s1. The van der Waals surface area contributed by atoms with Gasteiger partial charge in [0.05, 0.1) is 6.54 Å². The molecule has 0 bridgehead atoms. The zero-order valence-corrected chi connectivity index (χ0v) is 18.4. The van der Waals surface area contributed by atoms with Crippen molar-refractivity contribution in [1.29, 1.82) is 0 Å². The minimum atomic E-state index is -4.18. The van der Waals surface area contributed by atoms with Crippen LogP contribution < -0.4 is 10.0 Å². The number of benzene rings is 1. The molecule has 7 nitrogen and oxygen atoms in total. The molecule has 1 heterocycles. The summed E-state index contributed by atoms with van der Waals surface area (Å²) in [5.41, 5.74) is 0. The normalized spacial score (nSPS) is 12.9. The summed E-state index contributed by atoms with van der Waals surface area (Å²) in [7, 11) is -4.18. The van der Waals surface area contributed by atoms with Gasteiger partial charge in [0.25, 0.3) is 0 Å². The molecule has 10 heteroatoms. The van der Waals surface area contributed by atoms with Crippen molar-refractivity contribution in [3.05, 3.63) is 48.3 Å². The fraction of sp³-hybridized carbons (Fsp3) is 0.474. The lowest BCUT2D eigenvalue weighted by molar-refractivity contribution is -0.123. The summed E-state index contributed by atoms with van der Waals surface area (Å²) in [5.74, 6) is 0.339. The van der Waals surface area contributed by atoms with Crippen molar-refractivity contribution >= 4 is 27.7 Å². The van der Waals surface area contributed by atoms with Crippen LogP contribution in [0.2, 0.25) is 0 Å². The molecule has 0 spiro atoms. The van der Waals surface area contributed by atoms with E-state index >= 15 is 0 Å². The Labute approximate surface area is 175 Å². The van der Waals surface area contributed by atoms with Crippen molar-refractivity contribution in [1.82, 2.24) is 19.6 Å². The predicted molar refractivity (Wildman–Crippen MR) is 112 cm³/mol. The molecule has 0 radical (unpaired) electrons. The van der Waals surface area contributed by atoms with Crippen LogP contribution in [0.5, 0.6) is 0 Å². The Kier molecular flexibility index (Phi) is 8.66. The first-order valence-corrected chi connectivity index (χ1v) is 12.2. The Hall–Kier alpha value is -1.91. The van der Waals surface area contributed by atoms with Crippen LogP contribution in [0.25, 0.3) is 0 Å². The summed E-state index contributed by atoms with van der Waals surface area (Å²) >= 11 is 1.49. The van der Waals surface area contributed by atoms with E-state index in [2.05, 4.69) is 28.9 Å². The van der Waals surface area contributed by atoms with E-state index in [1.54, 1.807) is 6.20 Å². The Balaban J connectivity index is 2.10. The van der Waals surface area contributed by atoms with Gasteiger partial charge in [-0.3, -0.25) is 4.79 Å². The molecule has 0 aliphatic rings. The van der Waals surface area contributed by atoms with Crippen molar-refractivity contribution < 1.29 is 17.6 Å². The molecule has 29 heavy (non-hydrogen) atoms. The molecule has 0 saturated carbocycles. The number of hydrogen-bond donors (Lipinski definition) is 2. The second kappa shape index (κ2) is 10.7. The van der Waals surface area contributed by atoms with Gasteiger partial charge in [-0.2, -0.15) is 16.5 Å². The molecule has 0 aliphatic carbocycles. The number of hydrogen-bond acceptors (Lipinski definition) is 5. The van der Waals surface area contributed by atoms with Crippen LogP contribution >= 0.6 is 11.8 Å². The first-order chi connectivity index (χ1) is 13.7. The monoisotopic (exact) mass is 442 g/mol. The van der Waals surface area contributed by atoms with E-state index in [9.17, 15) is 17.6 Å². The lowest BCUT2D eigenvalue weighted by Crippen LogP contribution is -2.47. The summed E-state index contributed by atoms with van der Waals surface area (Å²) in [6.07, 6.45) is 5.65. The Morgan fingerprint density at radius 2 is 2.03 bits per heavy atom. The topological polar surface area (TPSA) is 93.1 Å². The average Bonchev–Trinajstić information content (AvgIpc) is 3.09. The number of aromatic nitrogens is 2. The minimum absolute atomic E-state index is 0.176. The van der Waals surface area contributed by atoms with E-state index in [4.69, 9.17) is 0 Å². The zero-order chi connectivity index (χ0) is 21.4. The Morgan fingerprint density at radius 3 is 2.69 bits per heavy atom. The van der Waals surface area contributed by atoms with Crippen LogP contribution in [-0.2, 0) is 27.9 Å². The average molecular weight is 443 g/mol. The lowest BCUT2D eigenvalue weighted by Gasteiger charge is -2.19. The Morgan fingerprint density at radius 1 is 1.31 bits per heavy atom. The van der Waals surface area contributed by atoms with Gasteiger partial charge in [-0.05, 0) is 36.5 Å². The second-order valence-electron chi connectivity index (χ2n) is 6.99. The molecule has 2 rings (SSSR count). The molecule has 0 saturated heterocycles. The number of nitrogens with zero attached hydrogens (tertiary/aromatic N) is 2. The molecule has 0 unspecified atom stereocenters. The van der Waals surface area contributed by atoms with Crippen LogP contribution in [0, 0.1) is 11.7 Å². The van der Waals surface area contributed by atoms with Gasteiger partial charge in [0.2, 0.25) is 15.9 Å². The summed E-state index contributed by atoms with van der Waals surface area (Å²) in [5, 5.41) is 2.74. The van der Waals surface area contributed by atoms with Crippen molar-refractivity contribution in [2.24, 2.45) is 5.92 Å². The maximum absolute atomic E-state index is 13.9. The van der Waals surface area contributed by atoms with Crippen LogP contribution in [0.4, 0.5) is 4.39 Å². The number of thioether (sulfide) groups is 1. The number of halogens is 1. The van der Waals surface area contributed by atoms with E-state index < -0.39 is 32.7 Å². The maximum Gasteiger partial charge on any atom is 0.244 e. The molecular formula is C19H27FN4O3S2. The number of carbonyl (C=O) groups is 1. The highest BCUT2D eigenvalue weighted by Crippen LogP contribution is 2.15. The van der Waals surface area contributed by atoms with E-state index in [-0.39, 0.29) is 13.0 Å². The quantitative estimate of drug-likeness (QED) is 0.557. The molecule has 2 aromatic rings. The third-order valence-corrected chi connectivity index (χ3v) is 6.28. The number of amides is 1. The van der Waals surface area contributed by atoms with Crippen LogP contribution in [0.15, 0.2) is 41.6 Å². The molecule has 1 amide bonds. The number of rotatable bonds is 11. The smallest absolute Gasteiger partial charge is 0.244 e. The summed E-state index contributed by atoms with van der Waals surface area (Å²) in [6.45, 7) is 5.10. The van der Waals surface area contributed by atoms with Crippen molar-refractivity contribution in [2.45, 2.75) is 44.3 Å². The van der Waals surface area contributed by atoms with Gasteiger partial charge in [0.1, 0.15) is 22.6 Å². The van der Waals surface area contributed by atoms with Gasteiger partial charge in [0, 0.05) is 18.9 Å². The van der Waals surface area contributed by atoms with Gasteiger partial charge >= 0.3 is 0 Å². The van der Waals surface area contributed by atoms with Gasteiger partial charge in [0.15, 0.2) is 0 Å². The lowest BCUT2D eigenvalue weighted by atomic mass is 10.2. The molecule has 160 valence electrons. The van der Waals surface area contributed by atoms with Gasteiger partial charge in [-0.15, -0.1) is 0 Å². The third kappa shape index (κ3) is 6.83. The van der Waals surface area contributed by atoms with Crippen molar-refractivity contribution in [3.8, 4) is 0 Å². The van der Waals surface area contributed by atoms with E-state index in [1.807, 2.05) is 17.0 Å². The van der Waals surface area contributed by atoms with Crippen molar-refractivity contribution in [3.63, 3.8) is 0 Å². The highest BCUT2D eigenvalue weighted by molar-refractivity contribution is 7.98. The van der Waals surface area contributed by atoms with Gasteiger partial charge in [-0.25, -0.2) is 17.8 Å². The predicted octanol–water partition coefficient (Wildman–Crippen LogP) is 2.39. The molecule has 1 aromatic heterocycles. The zero-order valence-electron chi connectivity index (χ0n) is 16.8.